The lowest BCUT2D eigenvalue weighted by Crippen LogP contribution is -2.30. The molecule has 2 aromatic rings. The first kappa shape index (κ1) is 14.5. The third kappa shape index (κ3) is 3.14. The minimum absolute atomic E-state index is 0.207. The largest absolute Gasteiger partial charge is 0.348 e. The number of aryl methyl sites for hydroxylation is 3. The number of aromatic nitrogens is 2. The van der Waals surface area contributed by atoms with Crippen molar-refractivity contribution in [2.45, 2.75) is 39.8 Å². The summed E-state index contributed by atoms with van der Waals surface area (Å²) >= 11 is 0. The van der Waals surface area contributed by atoms with Gasteiger partial charge in [0, 0.05) is 24.0 Å². The van der Waals surface area contributed by atoms with Crippen LogP contribution in [0.2, 0.25) is 0 Å². The number of nitrogens with zero attached hydrogens (tertiary/aromatic N) is 2. The molecule has 0 aliphatic rings. The van der Waals surface area contributed by atoms with Gasteiger partial charge in [-0.2, -0.15) is 4.98 Å². The SMILES string of the molecule is CCc1ccc(C(N)Cn2c(C)cc(C)nc2=O)cc1. The molecule has 1 unspecified atom stereocenters. The van der Waals surface area contributed by atoms with Gasteiger partial charge in [-0.3, -0.25) is 4.57 Å². The Morgan fingerprint density at radius 1 is 1.25 bits per heavy atom. The molecule has 1 heterocycles. The summed E-state index contributed by atoms with van der Waals surface area (Å²) in [4.78, 5) is 15.9. The molecule has 1 atom stereocenters. The van der Waals surface area contributed by atoms with E-state index in [-0.39, 0.29) is 11.7 Å². The molecule has 20 heavy (non-hydrogen) atoms. The van der Waals surface area contributed by atoms with Crippen LogP contribution in [0.4, 0.5) is 0 Å². The normalized spacial score (nSPS) is 12.4. The van der Waals surface area contributed by atoms with E-state index in [1.165, 1.54) is 5.56 Å². The van der Waals surface area contributed by atoms with Gasteiger partial charge in [-0.15, -0.1) is 0 Å². The lowest BCUT2D eigenvalue weighted by atomic mass is 10.0. The van der Waals surface area contributed by atoms with E-state index in [4.69, 9.17) is 5.73 Å². The Hall–Kier alpha value is -1.94. The average molecular weight is 271 g/mol. The van der Waals surface area contributed by atoms with Crippen LogP contribution in [0, 0.1) is 13.8 Å². The molecular formula is C16H21N3O. The molecule has 0 fully saturated rings. The molecule has 1 aromatic carbocycles. The number of hydrogen-bond acceptors (Lipinski definition) is 3. The Kier molecular flexibility index (Phi) is 4.35. The molecule has 0 bridgehead atoms. The van der Waals surface area contributed by atoms with Gasteiger partial charge in [-0.1, -0.05) is 31.2 Å². The first-order chi connectivity index (χ1) is 9.51. The molecule has 0 spiro atoms. The Bertz CT molecular complexity index is 644. The van der Waals surface area contributed by atoms with E-state index in [1.54, 1.807) is 4.57 Å². The zero-order valence-electron chi connectivity index (χ0n) is 12.3. The fourth-order valence-electron chi connectivity index (χ4n) is 2.30. The van der Waals surface area contributed by atoms with E-state index < -0.39 is 0 Å². The molecule has 106 valence electrons. The van der Waals surface area contributed by atoms with Gasteiger partial charge >= 0.3 is 5.69 Å². The molecule has 0 amide bonds. The van der Waals surface area contributed by atoms with E-state index >= 15 is 0 Å². The van der Waals surface area contributed by atoms with Crippen LogP contribution in [-0.2, 0) is 13.0 Å². The maximum atomic E-state index is 11.9. The monoisotopic (exact) mass is 271 g/mol. The number of hydrogen-bond donors (Lipinski definition) is 1. The van der Waals surface area contributed by atoms with Crippen molar-refractivity contribution in [3.63, 3.8) is 0 Å². The average Bonchev–Trinajstić information content (AvgIpc) is 2.42. The van der Waals surface area contributed by atoms with Crippen LogP contribution in [0.5, 0.6) is 0 Å². The molecule has 1 aromatic heterocycles. The Morgan fingerprint density at radius 3 is 2.45 bits per heavy atom. The summed E-state index contributed by atoms with van der Waals surface area (Å²) in [7, 11) is 0. The molecule has 0 saturated carbocycles. The molecule has 0 saturated heterocycles. The van der Waals surface area contributed by atoms with Gasteiger partial charge in [0.2, 0.25) is 0 Å². The first-order valence-electron chi connectivity index (χ1n) is 6.90. The molecule has 0 aliphatic heterocycles. The van der Waals surface area contributed by atoms with Crippen LogP contribution in [0.3, 0.4) is 0 Å². The predicted octanol–water partition coefficient (Wildman–Crippen LogP) is 2.12. The highest BCUT2D eigenvalue weighted by molar-refractivity contribution is 5.25. The second-order valence-electron chi connectivity index (χ2n) is 5.13. The van der Waals surface area contributed by atoms with Gasteiger partial charge in [0.25, 0.3) is 0 Å². The summed E-state index contributed by atoms with van der Waals surface area (Å²) in [6, 6.07) is 9.92. The van der Waals surface area contributed by atoms with Crippen molar-refractivity contribution < 1.29 is 0 Å². The minimum atomic E-state index is -0.233. The first-order valence-corrected chi connectivity index (χ1v) is 6.90. The van der Waals surface area contributed by atoms with E-state index in [0.717, 1.165) is 23.4 Å². The molecule has 4 heteroatoms. The summed E-state index contributed by atoms with van der Waals surface area (Å²) in [6.07, 6.45) is 1.01. The summed E-state index contributed by atoms with van der Waals surface area (Å²) in [5.74, 6) is 0. The van der Waals surface area contributed by atoms with Gasteiger partial charge < -0.3 is 5.73 Å². The number of rotatable bonds is 4. The van der Waals surface area contributed by atoms with Crippen molar-refractivity contribution in [2.24, 2.45) is 5.73 Å². The highest BCUT2D eigenvalue weighted by Crippen LogP contribution is 2.14. The van der Waals surface area contributed by atoms with Crippen LogP contribution in [0.1, 0.15) is 35.5 Å². The van der Waals surface area contributed by atoms with Gasteiger partial charge in [0.1, 0.15) is 0 Å². The lowest BCUT2D eigenvalue weighted by molar-refractivity contribution is 0.538. The summed E-state index contributed by atoms with van der Waals surface area (Å²) in [5, 5.41) is 0. The maximum Gasteiger partial charge on any atom is 0.348 e. The van der Waals surface area contributed by atoms with Crippen molar-refractivity contribution in [1.29, 1.82) is 0 Å². The molecule has 2 rings (SSSR count). The fourth-order valence-corrected chi connectivity index (χ4v) is 2.30. The van der Waals surface area contributed by atoms with E-state index in [2.05, 4.69) is 24.0 Å². The summed E-state index contributed by atoms with van der Waals surface area (Å²) in [5.41, 5.74) is 9.93. The smallest absolute Gasteiger partial charge is 0.322 e. The van der Waals surface area contributed by atoms with Crippen LogP contribution in [0.15, 0.2) is 35.1 Å². The van der Waals surface area contributed by atoms with E-state index in [1.807, 2.05) is 32.0 Å². The highest BCUT2D eigenvalue weighted by Gasteiger charge is 2.10. The number of benzene rings is 1. The minimum Gasteiger partial charge on any atom is -0.322 e. The van der Waals surface area contributed by atoms with Crippen LogP contribution >= 0.6 is 0 Å². The molecule has 0 aliphatic carbocycles. The van der Waals surface area contributed by atoms with Gasteiger partial charge in [-0.05, 0) is 37.5 Å². The standard InChI is InChI=1S/C16H21N3O/c1-4-13-5-7-14(8-6-13)15(17)10-19-12(3)9-11(2)18-16(19)20/h5-9,15H,4,10,17H2,1-3H3. The van der Waals surface area contributed by atoms with Crippen LogP contribution in [-0.4, -0.2) is 9.55 Å². The van der Waals surface area contributed by atoms with Crippen molar-refractivity contribution in [3.8, 4) is 0 Å². The third-order valence-corrected chi connectivity index (χ3v) is 3.54. The molecule has 4 nitrogen and oxygen atoms in total. The Balaban J connectivity index is 2.23. The second kappa shape index (κ2) is 6.01. The quantitative estimate of drug-likeness (QED) is 0.926. The highest BCUT2D eigenvalue weighted by atomic mass is 16.1. The third-order valence-electron chi connectivity index (χ3n) is 3.54. The van der Waals surface area contributed by atoms with Crippen molar-refractivity contribution in [3.05, 3.63) is 63.3 Å². The molecule has 0 radical (unpaired) electrons. The topological polar surface area (TPSA) is 60.9 Å². The van der Waals surface area contributed by atoms with Crippen LogP contribution < -0.4 is 11.4 Å². The van der Waals surface area contributed by atoms with Gasteiger partial charge in [0.05, 0.1) is 0 Å². The summed E-state index contributed by atoms with van der Waals surface area (Å²) < 4.78 is 1.63. The molecular weight excluding hydrogens is 250 g/mol. The lowest BCUT2D eigenvalue weighted by Gasteiger charge is -2.16. The maximum absolute atomic E-state index is 11.9. The predicted molar refractivity (Wildman–Crippen MR) is 80.7 cm³/mol. The zero-order valence-corrected chi connectivity index (χ0v) is 12.3. The number of nitrogens with two attached hydrogens (primary N) is 1. The van der Waals surface area contributed by atoms with Crippen LogP contribution in [0.25, 0.3) is 0 Å². The van der Waals surface area contributed by atoms with Crippen molar-refractivity contribution in [1.82, 2.24) is 9.55 Å². The molecule has 2 N–H and O–H groups in total. The Morgan fingerprint density at radius 2 is 1.90 bits per heavy atom. The van der Waals surface area contributed by atoms with Crippen molar-refractivity contribution in [2.75, 3.05) is 0 Å². The Labute approximate surface area is 119 Å². The fraction of sp³-hybridized carbons (Fsp3) is 0.375. The van der Waals surface area contributed by atoms with E-state index in [9.17, 15) is 4.79 Å². The zero-order chi connectivity index (χ0) is 14.7. The van der Waals surface area contributed by atoms with E-state index in [0.29, 0.717) is 6.54 Å². The van der Waals surface area contributed by atoms with Gasteiger partial charge in [-0.25, -0.2) is 4.79 Å². The second-order valence-corrected chi connectivity index (χ2v) is 5.13. The van der Waals surface area contributed by atoms with Gasteiger partial charge in [0.15, 0.2) is 0 Å². The van der Waals surface area contributed by atoms with Crippen molar-refractivity contribution >= 4 is 0 Å². The summed E-state index contributed by atoms with van der Waals surface area (Å²) in [6.45, 7) is 6.30.